The van der Waals surface area contributed by atoms with Crippen LogP contribution in [0.3, 0.4) is 0 Å². The Morgan fingerprint density at radius 3 is 0.972 bits per heavy atom. The zero-order chi connectivity index (χ0) is 51.4. The summed E-state index contributed by atoms with van der Waals surface area (Å²) in [6.45, 7) is 6.40. The van der Waals surface area contributed by atoms with Crippen LogP contribution in [0.1, 0.15) is 252 Å². The first kappa shape index (κ1) is 66.8. The molecule has 402 valence electrons. The van der Waals surface area contributed by atoms with E-state index in [0.29, 0.717) is 19.3 Å². The van der Waals surface area contributed by atoms with Gasteiger partial charge in [-0.15, -0.1) is 0 Å². The third-order valence-corrected chi connectivity index (χ3v) is 11.9. The SMILES string of the molecule is CC/C=C\C/C=C\C/C=C\C/C=C\C/C=C\C/C=C\C/C=C\CCCC(=O)OCC(COC(=O)CCCCCCC/C=C\CCCC)OC(=O)CCCCCCCCCCC/C=C\C/C=C\CCCCC. The smallest absolute Gasteiger partial charge is 0.306 e. The molecule has 0 radical (unpaired) electrons. The third kappa shape index (κ3) is 56.6. The lowest BCUT2D eigenvalue weighted by Gasteiger charge is -2.18. The van der Waals surface area contributed by atoms with Crippen molar-refractivity contribution in [3.63, 3.8) is 0 Å². The number of ether oxygens (including phenoxy) is 3. The van der Waals surface area contributed by atoms with E-state index in [1.807, 2.05) is 0 Å². The maximum absolute atomic E-state index is 12.9. The molecule has 6 nitrogen and oxygen atoms in total. The Labute approximate surface area is 437 Å². The molecule has 0 heterocycles. The van der Waals surface area contributed by atoms with Crippen molar-refractivity contribution in [1.82, 2.24) is 0 Å². The minimum Gasteiger partial charge on any atom is -0.462 e. The van der Waals surface area contributed by atoms with Crippen molar-refractivity contribution in [2.45, 2.75) is 258 Å². The highest BCUT2D eigenvalue weighted by Gasteiger charge is 2.19. The topological polar surface area (TPSA) is 78.9 Å². The molecule has 0 aliphatic carbocycles. The number of esters is 3. The highest BCUT2D eigenvalue weighted by atomic mass is 16.6. The minimum absolute atomic E-state index is 0.105. The fourth-order valence-electron chi connectivity index (χ4n) is 7.56. The van der Waals surface area contributed by atoms with Gasteiger partial charge in [-0.05, 0) is 122 Å². The van der Waals surface area contributed by atoms with Gasteiger partial charge in [-0.3, -0.25) is 14.4 Å². The molecule has 1 atom stereocenters. The summed E-state index contributed by atoms with van der Waals surface area (Å²) in [5.74, 6) is -0.982. The van der Waals surface area contributed by atoms with Gasteiger partial charge in [0.25, 0.3) is 0 Å². The molecular formula is C65H106O6. The molecule has 0 aromatic carbocycles. The summed E-state index contributed by atoms with van der Waals surface area (Å²) in [7, 11) is 0. The van der Waals surface area contributed by atoms with Crippen LogP contribution >= 0.6 is 0 Å². The highest BCUT2D eigenvalue weighted by Crippen LogP contribution is 2.14. The van der Waals surface area contributed by atoms with Crippen LogP contribution in [-0.4, -0.2) is 37.2 Å². The molecule has 0 aliphatic rings. The summed E-state index contributed by atoms with van der Waals surface area (Å²) in [6.07, 6.45) is 80.5. The average molecular weight is 984 g/mol. The predicted octanol–water partition coefficient (Wildman–Crippen LogP) is 19.6. The van der Waals surface area contributed by atoms with E-state index in [9.17, 15) is 14.4 Å². The molecule has 0 aliphatic heterocycles. The second kappa shape index (κ2) is 58.4. The van der Waals surface area contributed by atoms with E-state index in [0.717, 1.165) is 109 Å². The number of unbranched alkanes of at least 4 members (excludes halogenated alkanes) is 20. The summed E-state index contributed by atoms with van der Waals surface area (Å²) < 4.78 is 16.8. The Morgan fingerprint density at radius 2 is 0.577 bits per heavy atom. The summed E-state index contributed by atoms with van der Waals surface area (Å²) in [4.78, 5) is 38.1. The lowest BCUT2D eigenvalue weighted by molar-refractivity contribution is -0.167. The van der Waals surface area contributed by atoms with Crippen LogP contribution in [0.4, 0.5) is 0 Å². The Balaban J connectivity index is 4.46. The van der Waals surface area contributed by atoms with Crippen molar-refractivity contribution < 1.29 is 28.6 Å². The first-order valence-corrected chi connectivity index (χ1v) is 29.0. The van der Waals surface area contributed by atoms with E-state index in [-0.39, 0.29) is 37.5 Å². The predicted molar refractivity (Wildman–Crippen MR) is 306 cm³/mol. The average Bonchev–Trinajstić information content (AvgIpc) is 3.37. The number of rotatable bonds is 51. The van der Waals surface area contributed by atoms with Crippen LogP contribution in [-0.2, 0) is 28.6 Å². The fraction of sp³-hybridized carbons (Fsp3) is 0.646. The highest BCUT2D eigenvalue weighted by molar-refractivity contribution is 5.71. The van der Waals surface area contributed by atoms with E-state index in [1.54, 1.807) is 0 Å². The van der Waals surface area contributed by atoms with E-state index >= 15 is 0 Å². The van der Waals surface area contributed by atoms with Crippen LogP contribution in [0.15, 0.2) is 122 Å². The molecule has 6 heteroatoms. The second-order valence-corrected chi connectivity index (χ2v) is 18.8. The maximum Gasteiger partial charge on any atom is 0.306 e. The van der Waals surface area contributed by atoms with Crippen molar-refractivity contribution in [2.75, 3.05) is 13.2 Å². The van der Waals surface area contributed by atoms with E-state index in [1.165, 1.54) is 96.3 Å². The lowest BCUT2D eigenvalue weighted by Crippen LogP contribution is -2.30. The minimum atomic E-state index is -0.810. The van der Waals surface area contributed by atoms with Gasteiger partial charge in [0, 0.05) is 19.3 Å². The number of carbonyl (C=O) groups is 3. The number of carbonyl (C=O) groups excluding carboxylic acids is 3. The number of hydrogen-bond donors (Lipinski definition) is 0. The largest absolute Gasteiger partial charge is 0.462 e. The van der Waals surface area contributed by atoms with Crippen LogP contribution < -0.4 is 0 Å². The summed E-state index contributed by atoms with van der Waals surface area (Å²) in [5, 5.41) is 0. The molecule has 0 amide bonds. The lowest BCUT2D eigenvalue weighted by atomic mass is 10.1. The molecule has 0 fully saturated rings. The molecule has 0 aromatic rings. The van der Waals surface area contributed by atoms with Crippen molar-refractivity contribution in [3.05, 3.63) is 122 Å². The fourth-order valence-corrected chi connectivity index (χ4v) is 7.56. The molecular weight excluding hydrogens is 877 g/mol. The molecule has 0 bridgehead atoms. The van der Waals surface area contributed by atoms with Crippen LogP contribution in [0.25, 0.3) is 0 Å². The Hall–Kier alpha value is -4.19. The number of hydrogen-bond acceptors (Lipinski definition) is 6. The first-order chi connectivity index (χ1) is 35.0. The van der Waals surface area contributed by atoms with Gasteiger partial charge in [-0.25, -0.2) is 0 Å². The second-order valence-electron chi connectivity index (χ2n) is 18.8. The van der Waals surface area contributed by atoms with Crippen LogP contribution in [0.2, 0.25) is 0 Å². The molecule has 0 aromatic heterocycles. The van der Waals surface area contributed by atoms with Crippen molar-refractivity contribution in [1.29, 1.82) is 0 Å². The molecule has 1 unspecified atom stereocenters. The maximum atomic E-state index is 12.9. The molecule has 0 spiro atoms. The van der Waals surface area contributed by atoms with Gasteiger partial charge in [-0.1, -0.05) is 232 Å². The van der Waals surface area contributed by atoms with Gasteiger partial charge in [-0.2, -0.15) is 0 Å². The van der Waals surface area contributed by atoms with Gasteiger partial charge >= 0.3 is 17.9 Å². The normalized spacial score (nSPS) is 13.0. The van der Waals surface area contributed by atoms with Gasteiger partial charge in [0.2, 0.25) is 0 Å². The van der Waals surface area contributed by atoms with E-state index in [2.05, 4.69) is 142 Å². The van der Waals surface area contributed by atoms with E-state index < -0.39 is 6.10 Å². The molecule has 0 saturated carbocycles. The molecule has 71 heavy (non-hydrogen) atoms. The van der Waals surface area contributed by atoms with Gasteiger partial charge in [0.05, 0.1) is 0 Å². The van der Waals surface area contributed by atoms with E-state index in [4.69, 9.17) is 14.2 Å². The zero-order valence-electron chi connectivity index (χ0n) is 45.9. The Kier molecular flexibility index (Phi) is 54.9. The monoisotopic (exact) mass is 983 g/mol. The first-order valence-electron chi connectivity index (χ1n) is 29.0. The molecule has 0 N–H and O–H groups in total. The van der Waals surface area contributed by atoms with Crippen LogP contribution in [0, 0.1) is 0 Å². The van der Waals surface area contributed by atoms with Crippen molar-refractivity contribution in [2.24, 2.45) is 0 Å². The van der Waals surface area contributed by atoms with Gasteiger partial charge in [0.1, 0.15) is 13.2 Å². The summed E-state index contributed by atoms with van der Waals surface area (Å²) in [5.41, 5.74) is 0. The van der Waals surface area contributed by atoms with Gasteiger partial charge < -0.3 is 14.2 Å². The Morgan fingerprint density at radius 1 is 0.296 bits per heavy atom. The van der Waals surface area contributed by atoms with Crippen molar-refractivity contribution >= 4 is 17.9 Å². The summed E-state index contributed by atoms with van der Waals surface area (Å²) >= 11 is 0. The van der Waals surface area contributed by atoms with Crippen molar-refractivity contribution in [3.8, 4) is 0 Å². The van der Waals surface area contributed by atoms with Crippen LogP contribution in [0.5, 0.6) is 0 Å². The van der Waals surface area contributed by atoms with Gasteiger partial charge in [0.15, 0.2) is 6.10 Å². The summed E-state index contributed by atoms with van der Waals surface area (Å²) in [6, 6.07) is 0. The molecule has 0 rings (SSSR count). The Bertz CT molecular complexity index is 1500. The standard InChI is InChI=1S/C65H106O6/c1-4-7-10-13-16-19-22-24-26-28-30-31-32-33-35-36-38-40-43-46-49-52-55-58-64(67)70-61-62(60-69-63(66)57-54-51-48-45-42-21-18-15-12-9-6-3)71-65(68)59-56-53-50-47-44-41-39-37-34-29-27-25-23-20-17-14-11-8-5-2/h7,10,15-20,24-27,30-31,33,35,38,40,46,49,62H,4-6,8-9,11-14,21-23,28-29,32,34,36-37,39,41-45,47-48,50-61H2,1-3H3/b10-7-,18-15-,19-16-,20-17-,26-24-,27-25-,31-30-,35-33-,40-38-,49-46-. The number of allylic oxidation sites excluding steroid dienone is 20. The molecule has 0 saturated heterocycles. The third-order valence-electron chi connectivity index (χ3n) is 11.9. The quantitative estimate of drug-likeness (QED) is 0.0261. The zero-order valence-corrected chi connectivity index (χ0v) is 45.9.